The average molecular weight is 367 g/mol. The first-order chi connectivity index (χ1) is 11.5. The Bertz CT molecular complexity index is 771. The molecular weight excluding hydrogens is 344 g/mol. The van der Waals surface area contributed by atoms with Crippen LogP contribution in [0.2, 0.25) is 0 Å². The molecule has 1 N–H and O–H groups in total. The zero-order valence-corrected chi connectivity index (χ0v) is 15.5. The summed E-state index contributed by atoms with van der Waals surface area (Å²) in [6, 6.07) is 9.86. The first-order valence-electron chi connectivity index (χ1n) is 7.93. The minimum absolute atomic E-state index is 0.0804. The fraction of sp³-hybridized carbons (Fsp3) is 0.353. The molecule has 1 aromatic carbocycles. The van der Waals surface area contributed by atoms with Crippen LogP contribution in [-0.4, -0.2) is 32.3 Å². The molecule has 7 heteroatoms. The first kappa shape index (κ1) is 18.5. The lowest BCUT2D eigenvalue weighted by atomic mass is 10.1. The summed E-state index contributed by atoms with van der Waals surface area (Å²) in [7, 11) is -3.61. The number of unbranched alkanes of at least 4 members (excludes halogenated alkanes) is 1. The normalized spacial score (nSPS) is 11.2. The largest absolute Gasteiger partial charge is 0.339 e. The van der Waals surface area contributed by atoms with Crippen molar-refractivity contribution in [3.63, 3.8) is 0 Å². The summed E-state index contributed by atoms with van der Waals surface area (Å²) in [5.74, 6) is -0.0804. The second kappa shape index (κ2) is 8.30. The van der Waals surface area contributed by atoms with Gasteiger partial charge in [-0.2, -0.15) is 0 Å². The zero-order chi connectivity index (χ0) is 17.6. The van der Waals surface area contributed by atoms with E-state index in [2.05, 4.69) is 11.6 Å². The van der Waals surface area contributed by atoms with Gasteiger partial charge in [-0.3, -0.25) is 9.52 Å². The second-order valence-corrected chi connectivity index (χ2v) is 8.21. The minimum atomic E-state index is -3.61. The molecule has 0 aliphatic carbocycles. The quantitative estimate of drug-likeness (QED) is 0.772. The van der Waals surface area contributed by atoms with Crippen molar-refractivity contribution in [3.05, 3.63) is 47.3 Å². The molecule has 24 heavy (non-hydrogen) atoms. The summed E-state index contributed by atoms with van der Waals surface area (Å²) < 4.78 is 27.3. The van der Waals surface area contributed by atoms with Gasteiger partial charge in [0, 0.05) is 24.3 Å². The van der Waals surface area contributed by atoms with Crippen molar-refractivity contribution >= 4 is 33.0 Å². The van der Waals surface area contributed by atoms with Gasteiger partial charge in [0.1, 0.15) is 4.21 Å². The van der Waals surface area contributed by atoms with E-state index in [-0.39, 0.29) is 10.1 Å². The van der Waals surface area contributed by atoms with Gasteiger partial charge in [-0.15, -0.1) is 11.3 Å². The summed E-state index contributed by atoms with van der Waals surface area (Å²) >= 11 is 1.15. The SMILES string of the molecule is CCCCN(CC)C(=O)c1cccc(NS(=O)(=O)c2cccs2)c1. The van der Waals surface area contributed by atoms with Crippen LogP contribution in [0.1, 0.15) is 37.0 Å². The molecule has 0 unspecified atom stereocenters. The molecule has 5 nitrogen and oxygen atoms in total. The molecule has 0 saturated heterocycles. The van der Waals surface area contributed by atoms with Crippen molar-refractivity contribution in [1.29, 1.82) is 0 Å². The summed E-state index contributed by atoms with van der Waals surface area (Å²) in [6.07, 6.45) is 1.97. The van der Waals surface area contributed by atoms with Gasteiger partial charge in [-0.05, 0) is 43.0 Å². The molecule has 0 bridgehead atoms. The van der Waals surface area contributed by atoms with E-state index in [0.717, 1.165) is 24.2 Å². The minimum Gasteiger partial charge on any atom is -0.339 e. The van der Waals surface area contributed by atoms with E-state index in [1.807, 2.05) is 6.92 Å². The number of carbonyl (C=O) groups is 1. The molecule has 1 amide bonds. The number of carbonyl (C=O) groups excluding carboxylic acids is 1. The maximum atomic E-state index is 12.6. The van der Waals surface area contributed by atoms with Crippen molar-refractivity contribution in [2.45, 2.75) is 30.9 Å². The highest BCUT2D eigenvalue weighted by atomic mass is 32.2. The van der Waals surface area contributed by atoms with Crippen LogP contribution in [0.15, 0.2) is 46.0 Å². The highest BCUT2D eigenvalue weighted by molar-refractivity contribution is 7.94. The molecule has 0 spiro atoms. The third kappa shape index (κ3) is 4.58. The van der Waals surface area contributed by atoms with E-state index in [1.165, 1.54) is 0 Å². The number of rotatable bonds is 8. The summed E-state index contributed by atoms with van der Waals surface area (Å²) in [6.45, 7) is 5.36. The number of nitrogens with one attached hydrogen (secondary N) is 1. The standard InChI is InChI=1S/C17H22N2O3S2/c1-3-5-11-19(4-2)17(20)14-8-6-9-15(13-14)18-24(21,22)16-10-7-12-23-16/h6-10,12-13,18H,3-5,11H2,1-2H3. The molecule has 0 aliphatic rings. The average Bonchev–Trinajstić information content (AvgIpc) is 3.10. The molecule has 1 aromatic heterocycles. The number of anilines is 1. The number of hydrogen-bond donors (Lipinski definition) is 1. The van der Waals surface area contributed by atoms with Crippen molar-refractivity contribution in [2.75, 3.05) is 17.8 Å². The van der Waals surface area contributed by atoms with Gasteiger partial charge in [-0.25, -0.2) is 8.42 Å². The number of hydrogen-bond acceptors (Lipinski definition) is 4. The van der Waals surface area contributed by atoms with E-state index < -0.39 is 10.0 Å². The second-order valence-electron chi connectivity index (χ2n) is 5.36. The van der Waals surface area contributed by atoms with E-state index in [4.69, 9.17) is 0 Å². The maximum Gasteiger partial charge on any atom is 0.271 e. The molecule has 0 atom stereocenters. The Kier molecular flexibility index (Phi) is 6.39. The molecule has 0 radical (unpaired) electrons. The Hall–Kier alpha value is -1.86. The predicted molar refractivity (Wildman–Crippen MR) is 98.1 cm³/mol. The van der Waals surface area contributed by atoms with E-state index in [0.29, 0.717) is 24.3 Å². The highest BCUT2D eigenvalue weighted by Crippen LogP contribution is 2.21. The van der Waals surface area contributed by atoms with E-state index in [1.54, 1.807) is 46.7 Å². The Morgan fingerprint density at radius 3 is 2.62 bits per heavy atom. The lowest BCUT2D eigenvalue weighted by Gasteiger charge is -2.21. The zero-order valence-electron chi connectivity index (χ0n) is 13.9. The number of amides is 1. The number of sulfonamides is 1. The molecule has 1 heterocycles. The van der Waals surface area contributed by atoms with E-state index >= 15 is 0 Å². The Morgan fingerprint density at radius 1 is 1.21 bits per heavy atom. The third-order valence-corrected chi connectivity index (χ3v) is 6.35. The van der Waals surface area contributed by atoms with Gasteiger partial charge >= 0.3 is 0 Å². The monoisotopic (exact) mass is 366 g/mol. The van der Waals surface area contributed by atoms with E-state index in [9.17, 15) is 13.2 Å². The van der Waals surface area contributed by atoms with Gasteiger partial charge in [0.25, 0.3) is 15.9 Å². The summed E-state index contributed by atoms with van der Waals surface area (Å²) in [5, 5.41) is 1.71. The summed E-state index contributed by atoms with van der Waals surface area (Å²) in [5.41, 5.74) is 0.875. The molecule has 0 aliphatic heterocycles. The maximum absolute atomic E-state index is 12.6. The summed E-state index contributed by atoms with van der Waals surface area (Å²) in [4.78, 5) is 14.4. The molecule has 0 saturated carbocycles. The Morgan fingerprint density at radius 2 is 2.00 bits per heavy atom. The molecule has 130 valence electrons. The van der Waals surface area contributed by atoms with Crippen LogP contribution in [0.4, 0.5) is 5.69 Å². The van der Waals surface area contributed by atoms with Crippen molar-refractivity contribution in [2.24, 2.45) is 0 Å². The smallest absolute Gasteiger partial charge is 0.271 e. The molecule has 2 aromatic rings. The Labute approximate surface area is 147 Å². The fourth-order valence-corrected chi connectivity index (χ4v) is 4.31. The van der Waals surface area contributed by atoms with Gasteiger partial charge in [0.05, 0.1) is 0 Å². The van der Waals surface area contributed by atoms with Gasteiger partial charge in [0.15, 0.2) is 0 Å². The van der Waals surface area contributed by atoms with Gasteiger partial charge in [-0.1, -0.05) is 25.5 Å². The number of thiophene rings is 1. The first-order valence-corrected chi connectivity index (χ1v) is 10.3. The van der Waals surface area contributed by atoms with Crippen LogP contribution >= 0.6 is 11.3 Å². The fourth-order valence-electron chi connectivity index (χ4n) is 2.27. The lowest BCUT2D eigenvalue weighted by Crippen LogP contribution is -2.31. The van der Waals surface area contributed by atoms with Crippen LogP contribution in [0.3, 0.4) is 0 Å². The number of nitrogens with zero attached hydrogens (tertiary/aromatic N) is 1. The lowest BCUT2D eigenvalue weighted by molar-refractivity contribution is 0.0762. The van der Waals surface area contributed by atoms with Crippen LogP contribution in [0.5, 0.6) is 0 Å². The van der Waals surface area contributed by atoms with Crippen LogP contribution in [0, 0.1) is 0 Å². The van der Waals surface area contributed by atoms with Crippen molar-refractivity contribution in [3.8, 4) is 0 Å². The third-order valence-electron chi connectivity index (χ3n) is 3.57. The molecule has 2 rings (SSSR count). The Balaban J connectivity index is 2.18. The van der Waals surface area contributed by atoms with Crippen LogP contribution < -0.4 is 4.72 Å². The van der Waals surface area contributed by atoms with Crippen LogP contribution in [0.25, 0.3) is 0 Å². The predicted octanol–water partition coefficient (Wildman–Crippen LogP) is 3.81. The molecule has 0 fully saturated rings. The molecular formula is C17H22N2O3S2. The van der Waals surface area contributed by atoms with Crippen molar-refractivity contribution < 1.29 is 13.2 Å². The topological polar surface area (TPSA) is 66.5 Å². The van der Waals surface area contributed by atoms with Crippen molar-refractivity contribution in [1.82, 2.24) is 4.90 Å². The van der Waals surface area contributed by atoms with Gasteiger partial charge in [0.2, 0.25) is 0 Å². The van der Waals surface area contributed by atoms with Crippen LogP contribution in [-0.2, 0) is 10.0 Å². The number of benzene rings is 1. The highest BCUT2D eigenvalue weighted by Gasteiger charge is 2.17. The van der Waals surface area contributed by atoms with Gasteiger partial charge < -0.3 is 4.90 Å².